The third-order valence-electron chi connectivity index (χ3n) is 4.75. The van der Waals surface area contributed by atoms with E-state index in [1.165, 1.54) is 0 Å². The summed E-state index contributed by atoms with van der Waals surface area (Å²) in [6.07, 6.45) is 5.26. The van der Waals surface area contributed by atoms with Gasteiger partial charge in [0, 0.05) is 38.6 Å². The minimum absolute atomic E-state index is 0.0304. The van der Waals surface area contributed by atoms with Gasteiger partial charge in [-0.2, -0.15) is 0 Å². The molecule has 2 aliphatic heterocycles. The van der Waals surface area contributed by atoms with Gasteiger partial charge < -0.3 is 19.3 Å². The zero-order valence-electron chi connectivity index (χ0n) is 13.8. The van der Waals surface area contributed by atoms with Gasteiger partial charge in [-0.05, 0) is 30.8 Å². The molecular formula is C18H24N2O3. The highest BCUT2D eigenvalue weighted by Crippen LogP contribution is 2.34. The largest absolute Gasteiger partial charge is 0.497 e. The van der Waals surface area contributed by atoms with Crippen LogP contribution in [0.3, 0.4) is 0 Å². The normalized spacial score (nSPS) is 21.2. The Morgan fingerprint density at radius 1 is 1.22 bits per heavy atom. The number of rotatable bonds is 3. The highest BCUT2D eigenvalue weighted by Gasteiger charge is 2.45. The molecular weight excluding hydrogens is 292 g/mol. The molecule has 0 aliphatic carbocycles. The maximum atomic E-state index is 12.6. The molecule has 0 unspecified atom stereocenters. The number of ether oxygens (including phenoxy) is 2. The Morgan fingerprint density at radius 2 is 1.91 bits per heavy atom. The molecule has 0 N–H and O–H groups in total. The monoisotopic (exact) mass is 316 g/mol. The number of likely N-dealkylation sites (tertiary alicyclic amines) is 1. The van der Waals surface area contributed by atoms with Crippen LogP contribution in [0, 0.1) is 0 Å². The van der Waals surface area contributed by atoms with Crippen LogP contribution in [-0.4, -0.2) is 61.8 Å². The lowest BCUT2D eigenvalue weighted by Gasteiger charge is -2.42. The van der Waals surface area contributed by atoms with E-state index < -0.39 is 5.72 Å². The van der Waals surface area contributed by atoms with E-state index in [-0.39, 0.29) is 5.91 Å². The van der Waals surface area contributed by atoms with Crippen LogP contribution in [-0.2, 0) is 9.53 Å². The van der Waals surface area contributed by atoms with Gasteiger partial charge in [-0.15, -0.1) is 0 Å². The Kier molecular flexibility index (Phi) is 4.68. The lowest BCUT2D eigenvalue weighted by molar-refractivity contribution is -0.152. The molecule has 5 heteroatoms. The summed E-state index contributed by atoms with van der Waals surface area (Å²) in [5.74, 6) is 0.842. The van der Waals surface area contributed by atoms with Gasteiger partial charge in [0.2, 0.25) is 5.91 Å². The number of carbonyl (C=O) groups is 1. The number of amides is 1. The lowest BCUT2D eigenvalue weighted by atomic mass is 9.99. The molecule has 2 fully saturated rings. The molecule has 2 aliphatic rings. The molecule has 124 valence electrons. The van der Waals surface area contributed by atoms with Gasteiger partial charge in [-0.25, -0.2) is 0 Å². The SMILES string of the molecule is COc1ccc(/C=C\C(=O)N2CCOC23CCN(C)CC3)cc1. The molecule has 1 aromatic rings. The summed E-state index contributed by atoms with van der Waals surface area (Å²) in [6.45, 7) is 3.24. The summed E-state index contributed by atoms with van der Waals surface area (Å²) in [7, 11) is 3.75. The van der Waals surface area contributed by atoms with Gasteiger partial charge in [-0.1, -0.05) is 12.1 Å². The average Bonchev–Trinajstić information content (AvgIpc) is 2.99. The zero-order chi connectivity index (χ0) is 16.3. The van der Waals surface area contributed by atoms with Crippen LogP contribution in [0.1, 0.15) is 18.4 Å². The highest BCUT2D eigenvalue weighted by atomic mass is 16.5. The summed E-state index contributed by atoms with van der Waals surface area (Å²) < 4.78 is 11.1. The lowest BCUT2D eigenvalue weighted by Crippen LogP contribution is -2.53. The quantitative estimate of drug-likeness (QED) is 0.800. The number of benzene rings is 1. The van der Waals surface area contributed by atoms with Crippen LogP contribution in [0.25, 0.3) is 6.08 Å². The standard InChI is InChI=1S/C18H24N2O3/c1-19-11-9-18(10-12-19)20(13-14-23-18)17(21)8-5-15-3-6-16(22-2)7-4-15/h3-8H,9-14H2,1-2H3/b8-5-. The maximum absolute atomic E-state index is 12.6. The second-order valence-electron chi connectivity index (χ2n) is 6.19. The summed E-state index contributed by atoms with van der Waals surface area (Å²) in [6, 6.07) is 7.66. The van der Waals surface area contributed by atoms with E-state index in [4.69, 9.17) is 9.47 Å². The molecule has 2 heterocycles. The minimum Gasteiger partial charge on any atom is -0.497 e. The van der Waals surface area contributed by atoms with Crippen molar-refractivity contribution in [1.82, 2.24) is 9.80 Å². The van der Waals surface area contributed by atoms with E-state index >= 15 is 0 Å². The molecule has 23 heavy (non-hydrogen) atoms. The van der Waals surface area contributed by atoms with E-state index in [0.717, 1.165) is 37.2 Å². The first kappa shape index (κ1) is 16.0. The molecule has 0 radical (unpaired) electrons. The van der Waals surface area contributed by atoms with Crippen molar-refractivity contribution in [3.63, 3.8) is 0 Å². The first-order chi connectivity index (χ1) is 11.1. The first-order valence-electron chi connectivity index (χ1n) is 8.09. The van der Waals surface area contributed by atoms with Crippen molar-refractivity contribution in [2.45, 2.75) is 18.6 Å². The number of nitrogens with zero attached hydrogens (tertiary/aromatic N) is 2. The number of hydrogen-bond donors (Lipinski definition) is 0. The number of methoxy groups -OCH3 is 1. The Bertz CT molecular complexity index is 574. The number of carbonyl (C=O) groups excluding carboxylic acids is 1. The molecule has 1 spiro atoms. The molecule has 0 aromatic heterocycles. The molecule has 1 amide bonds. The first-order valence-corrected chi connectivity index (χ1v) is 8.09. The molecule has 1 aromatic carbocycles. The van der Waals surface area contributed by atoms with Gasteiger partial charge in [0.15, 0.2) is 0 Å². The van der Waals surface area contributed by atoms with Crippen LogP contribution < -0.4 is 4.74 Å². The minimum atomic E-state index is -0.395. The fourth-order valence-corrected chi connectivity index (χ4v) is 3.27. The molecule has 2 saturated heterocycles. The van der Waals surface area contributed by atoms with Gasteiger partial charge in [-0.3, -0.25) is 4.79 Å². The van der Waals surface area contributed by atoms with Crippen LogP contribution in [0.4, 0.5) is 0 Å². The number of piperidine rings is 1. The van der Waals surface area contributed by atoms with Crippen LogP contribution in [0.2, 0.25) is 0 Å². The Balaban J connectivity index is 1.68. The molecule has 0 bridgehead atoms. The van der Waals surface area contributed by atoms with E-state index in [9.17, 15) is 4.79 Å². The van der Waals surface area contributed by atoms with Crippen molar-refractivity contribution in [1.29, 1.82) is 0 Å². The van der Waals surface area contributed by atoms with Gasteiger partial charge >= 0.3 is 0 Å². The third kappa shape index (κ3) is 3.41. The van der Waals surface area contributed by atoms with Crippen molar-refractivity contribution >= 4 is 12.0 Å². The van der Waals surface area contributed by atoms with Crippen molar-refractivity contribution in [2.75, 3.05) is 40.4 Å². The molecule has 3 rings (SSSR count). The molecule has 0 saturated carbocycles. The Morgan fingerprint density at radius 3 is 2.57 bits per heavy atom. The Labute approximate surface area is 137 Å². The topological polar surface area (TPSA) is 42.0 Å². The van der Waals surface area contributed by atoms with E-state index in [2.05, 4.69) is 11.9 Å². The van der Waals surface area contributed by atoms with Crippen molar-refractivity contribution in [2.24, 2.45) is 0 Å². The predicted molar refractivity (Wildman–Crippen MR) is 89.2 cm³/mol. The van der Waals surface area contributed by atoms with Crippen molar-refractivity contribution in [3.05, 3.63) is 35.9 Å². The summed E-state index contributed by atoms with van der Waals surface area (Å²) in [4.78, 5) is 16.8. The maximum Gasteiger partial charge on any atom is 0.248 e. The van der Waals surface area contributed by atoms with Gasteiger partial charge in [0.05, 0.1) is 13.7 Å². The summed E-state index contributed by atoms with van der Waals surface area (Å²) in [5.41, 5.74) is 0.588. The molecule has 5 nitrogen and oxygen atoms in total. The number of hydrogen-bond acceptors (Lipinski definition) is 4. The predicted octanol–water partition coefficient (Wildman–Crippen LogP) is 1.99. The van der Waals surface area contributed by atoms with Crippen LogP contribution in [0.5, 0.6) is 5.75 Å². The second kappa shape index (κ2) is 6.72. The summed E-state index contributed by atoms with van der Waals surface area (Å²) >= 11 is 0. The van der Waals surface area contributed by atoms with Crippen molar-refractivity contribution in [3.8, 4) is 5.75 Å². The summed E-state index contributed by atoms with van der Waals surface area (Å²) in [5, 5.41) is 0. The Hall–Kier alpha value is -1.85. The van der Waals surface area contributed by atoms with Crippen molar-refractivity contribution < 1.29 is 14.3 Å². The highest BCUT2D eigenvalue weighted by molar-refractivity contribution is 5.92. The zero-order valence-corrected chi connectivity index (χ0v) is 13.8. The van der Waals surface area contributed by atoms with Crippen LogP contribution >= 0.6 is 0 Å². The van der Waals surface area contributed by atoms with E-state index in [0.29, 0.717) is 13.2 Å². The molecule has 0 atom stereocenters. The smallest absolute Gasteiger partial charge is 0.248 e. The van der Waals surface area contributed by atoms with Gasteiger partial charge in [0.25, 0.3) is 0 Å². The van der Waals surface area contributed by atoms with E-state index in [1.54, 1.807) is 13.2 Å². The fraction of sp³-hybridized carbons (Fsp3) is 0.500. The van der Waals surface area contributed by atoms with E-state index in [1.807, 2.05) is 35.2 Å². The van der Waals surface area contributed by atoms with Crippen LogP contribution in [0.15, 0.2) is 30.3 Å². The third-order valence-corrected chi connectivity index (χ3v) is 4.75. The van der Waals surface area contributed by atoms with Gasteiger partial charge in [0.1, 0.15) is 11.5 Å². The fourth-order valence-electron chi connectivity index (χ4n) is 3.27. The second-order valence-corrected chi connectivity index (χ2v) is 6.19. The average molecular weight is 316 g/mol.